The fraction of sp³-hybridized carbons (Fsp3) is 0.639. The lowest BCUT2D eigenvalue weighted by atomic mass is 9.79. The number of Topliss-reactive ketones (excluding diaryl/α,β-unsaturated/α-hetero) is 2. The minimum absolute atomic E-state index is 0.122. The smallest absolute Gasteiger partial charge is 0.160 e. The fourth-order valence-electron chi connectivity index (χ4n) is 16.0. The van der Waals surface area contributed by atoms with Crippen molar-refractivity contribution in [3.05, 3.63) is 93.0 Å². The van der Waals surface area contributed by atoms with Crippen molar-refractivity contribution in [1.29, 1.82) is 0 Å². The van der Waals surface area contributed by atoms with Crippen LogP contribution in [0.3, 0.4) is 0 Å². The number of hydrogen-bond donors (Lipinski definition) is 6. The summed E-state index contributed by atoms with van der Waals surface area (Å²) in [4.78, 5) is 34.8. The van der Waals surface area contributed by atoms with E-state index in [1.165, 1.54) is 22.3 Å². The van der Waals surface area contributed by atoms with Gasteiger partial charge in [0.15, 0.2) is 46.0 Å². The van der Waals surface area contributed by atoms with Gasteiger partial charge in [-0.15, -0.1) is 0 Å². The van der Waals surface area contributed by atoms with Gasteiger partial charge < -0.3 is 49.6 Å². The Morgan fingerprint density at radius 3 is 0.920 bits per heavy atom. The summed E-state index contributed by atoms with van der Waals surface area (Å²) in [5.41, 5.74) is 9.40. The summed E-state index contributed by atoms with van der Waals surface area (Å²) in [6.45, 7) is 25.2. The van der Waals surface area contributed by atoms with Gasteiger partial charge in [-0.05, 0) is 193 Å². The number of aliphatic hydroxyl groups excluding tert-OH is 2. The largest absolute Gasteiger partial charge is 0.504 e. The van der Waals surface area contributed by atoms with E-state index in [0.29, 0.717) is 82.9 Å². The zero-order valence-corrected chi connectivity index (χ0v) is 54.8. The van der Waals surface area contributed by atoms with E-state index in [1.807, 2.05) is 36.4 Å². The normalized spacial score (nSPS) is 26.7. The molecule has 0 spiro atoms. The van der Waals surface area contributed by atoms with Gasteiger partial charge in [0.25, 0.3) is 0 Å². The Bertz CT molecular complexity index is 2850. The molecule has 0 amide bonds. The predicted octanol–water partition coefficient (Wildman–Crippen LogP) is 11.3. The maximum atomic E-state index is 12.5. The monoisotopic (exact) mass is 1220 g/mol. The van der Waals surface area contributed by atoms with Crippen LogP contribution in [0.4, 0.5) is 0 Å². The Morgan fingerprint density at radius 1 is 0.398 bits per heavy atom. The number of carbonyl (C=O) groups excluding carboxylic acids is 2. The van der Waals surface area contributed by atoms with E-state index < -0.39 is 0 Å². The molecule has 6 N–H and O–H groups in total. The average Bonchev–Trinajstić information content (AvgIpc) is 0.956. The number of phenols is 4. The first-order valence-electron chi connectivity index (χ1n) is 32.9. The Labute approximate surface area is 524 Å². The van der Waals surface area contributed by atoms with Crippen LogP contribution in [-0.4, -0.2) is 155 Å². The summed E-state index contributed by atoms with van der Waals surface area (Å²) in [5.74, 6) is 7.00. The van der Waals surface area contributed by atoms with Crippen molar-refractivity contribution in [1.82, 2.24) is 19.6 Å². The molecule has 0 radical (unpaired) electrons. The molecule has 4 aromatic carbocycles. The van der Waals surface area contributed by atoms with Gasteiger partial charge >= 0.3 is 0 Å². The molecule has 16 heteroatoms. The van der Waals surface area contributed by atoms with E-state index in [4.69, 9.17) is 18.9 Å². The third-order valence-electron chi connectivity index (χ3n) is 20.3. The van der Waals surface area contributed by atoms with E-state index in [0.717, 1.165) is 139 Å². The average molecular weight is 1220 g/mol. The predicted molar refractivity (Wildman–Crippen MR) is 343 cm³/mol. The van der Waals surface area contributed by atoms with Crippen molar-refractivity contribution in [3.8, 4) is 46.0 Å². The van der Waals surface area contributed by atoms with E-state index in [2.05, 4.69) is 75.0 Å². The van der Waals surface area contributed by atoms with Crippen LogP contribution in [0.15, 0.2) is 48.5 Å². The molecule has 4 saturated heterocycles. The minimum atomic E-state index is -0.251. The molecular weight excluding hydrogens is 1110 g/mol. The van der Waals surface area contributed by atoms with Crippen molar-refractivity contribution in [3.63, 3.8) is 0 Å². The van der Waals surface area contributed by atoms with Crippen molar-refractivity contribution < 1.29 is 59.2 Å². The molecule has 12 rings (SSSR count). The van der Waals surface area contributed by atoms with Gasteiger partial charge in [0.05, 0.1) is 40.6 Å². The second kappa shape index (κ2) is 29.1. The van der Waals surface area contributed by atoms with E-state index >= 15 is 0 Å². The fourth-order valence-corrected chi connectivity index (χ4v) is 16.0. The van der Waals surface area contributed by atoms with Crippen molar-refractivity contribution >= 4 is 11.6 Å². The van der Waals surface area contributed by atoms with Crippen molar-refractivity contribution in [2.24, 2.45) is 47.3 Å². The lowest BCUT2D eigenvalue weighted by Gasteiger charge is -2.46. The Hall–Kier alpha value is -5.62. The number of phenolic OH excluding ortho intramolecular Hbond substituents is 4. The lowest BCUT2D eigenvalue weighted by molar-refractivity contribution is -0.130. The molecule has 16 nitrogen and oxygen atoms in total. The number of ketones is 2. The number of aromatic hydroxyl groups is 4. The SMILES string of the molecule is COc1cc2c(cc1O)C1CC(=O)[C@@H](CC(C)C)CN1CC2.COc1cc2c(cc1O)C1C[C@@H](O)[C@@H](CC(C)C)CN1CC2.COc1cc2c(cc1O)[C@H]1CC(=O)C(CC(C)C)CN1CC2.COc1cc2c(cc1O)[C@H]1C[C@H](O)C(CC(C)C)CN1CC2. The topological polar surface area (TPSA) is 205 Å². The maximum Gasteiger partial charge on any atom is 0.160 e. The number of benzene rings is 4. The van der Waals surface area contributed by atoms with Crippen LogP contribution in [0.25, 0.3) is 0 Å². The van der Waals surface area contributed by atoms with Crippen LogP contribution in [0, 0.1) is 47.3 Å². The maximum absolute atomic E-state index is 12.5. The van der Waals surface area contributed by atoms with Crippen LogP contribution < -0.4 is 18.9 Å². The summed E-state index contributed by atoms with van der Waals surface area (Å²) >= 11 is 0. The standard InChI is InChI=1S/2C18H27NO3.2C18H25NO3/c4*1-11(2)6-13-10-19-5-4-12-7-18(22-3)17(21)8-14(12)15(19)9-16(13)20/h2*7-8,11,13,15-16,20-21H,4-6,9-10H2,1-3H3;2*7-8,11,13,15,21H,4-6,9-10H2,1-3H3/t13?,15-,16+;13-,15?,16+;13?,15-;13-,15?/m1010/s1. The van der Waals surface area contributed by atoms with E-state index in [-0.39, 0.29) is 71.2 Å². The highest BCUT2D eigenvalue weighted by atomic mass is 16.5. The number of piperidine rings is 4. The van der Waals surface area contributed by atoms with Crippen LogP contribution in [0.1, 0.15) is 175 Å². The Kier molecular flexibility index (Phi) is 22.1. The molecule has 4 unspecified atom stereocenters. The second-order valence-electron chi connectivity index (χ2n) is 28.3. The van der Waals surface area contributed by atoms with Crippen LogP contribution >= 0.6 is 0 Å². The second-order valence-corrected chi connectivity index (χ2v) is 28.3. The summed E-state index contributed by atoms with van der Waals surface area (Å²) in [7, 11) is 6.29. The Balaban J connectivity index is 0.000000140. The zero-order valence-electron chi connectivity index (χ0n) is 54.8. The number of ether oxygens (including phenoxy) is 4. The van der Waals surface area contributed by atoms with Crippen LogP contribution in [-0.2, 0) is 35.3 Å². The highest BCUT2D eigenvalue weighted by Gasteiger charge is 2.43. The lowest BCUT2D eigenvalue weighted by Crippen LogP contribution is -2.48. The minimum Gasteiger partial charge on any atom is -0.504 e. The first-order valence-corrected chi connectivity index (χ1v) is 32.9. The summed E-state index contributed by atoms with van der Waals surface area (Å²) < 4.78 is 20.8. The number of nitrogens with zero attached hydrogens (tertiary/aromatic N) is 4. The van der Waals surface area contributed by atoms with Crippen molar-refractivity contribution in [2.75, 3.05) is 80.8 Å². The van der Waals surface area contributed by atoms with Gasteiger partial charge in [-0.25, -0.2) is 0 Å². The van der Waals surface area contributed by atoms with E-state index in [1.54, 1.807) is 40.6 Å². The summed E-state index contributed by atoms with van der Waals surface area (Å²) in [6, 6.07) is 15.7. The number of aliphatic hydroxyl groups is 2. The number of methoxy groups -OCH3 is 4. The number of fused-ring (bicyclic) bond motifs is 12. The molecule has 0 bridgehead atoms. The number of hydrogen-bond acceptors (Lipinski definition) is 16. The quantitative estimate of drug-likeness (QED) is 0.0780. The van der Waals surface area contributed by atoms with Crippen LogP contribution in [0.5, 0.6) is 46.0 Å². The van der Waals surface area contributed by atoms with Gasteiger partial charge in [0.1, 0.15) is 11.6 Å². The molecule has 8 heterocycles. The van der Waals surface area contributed by atoms with Gasteiger partial charge in [-0.2, -0.15) is 0 Å². The highest BCUT2D eigenvalue weighted by Crippen LogP contribution is 2.48. The Morgan fingerprint density at radius 2 is 0.659 bits per heavy atom. The summed E-state index contributed by atoms with van der Waals surface area (Å²) in [5, 5.41) is 61.4. The molecule has 4 fully saturated rings. The van der Waals surface area contributed by atoms with Gasteiger partial charge in [-0.3, -0.25) is 29.2 Å². The molecule has 0 aromatic heterocycles. The van der Waals surface area contributed by atoms with Gasteiger partial charge in [0, 0.05) is 101 Å². The highest BCUT2D eigenvalue weighted by molar-refractivity contribution is 5.84. The zero-order chi connectivity index (χ0) is 63.4. The molecule has 8 aliphatic heterocycles. The number of rotatable bonds is 12. The van der Waals surface area contributed by atoms with E-state index in [9.17, 15) is 40.2 Å². The molecule has 0 saturated carbocycles. The number of carbonyl (C=O) groups is 2. The molecule has 4 aromatic rings. The molecule has 10 atom stereocenters. The molecule has 88 heavy (non-hydrogen) atoms. The molecule has 484 valence electrons. The van der Waals surface area contributed by atoms with Crippen molar-refractivity contribution in [2.45, 2.75) is 169 Å². The molecule has 0 aliphatic carbocycles. The first kappa shape index (κ1) is 66.8. The van der Waals surface area contributed by atoms with Gasteiger partial charge in [-0.1, -0.05) is 55.4 Å². The van der Waals surface area contributed by atoms with Gasteiger partial charge in [0.2, 0.25) is 0 Å². The third kappa shape index (κ3) is 15.2. The summed E-state index contributed by atoms with van der Waals surface area (Å²) in [6.07, 6.45) is 10.1. The first-order chi connectivity index (χ1) is 42.0. The van der Waals surface area contributed by atoms with Crippen LogP contribution in [0.2, 0.25) is 0 Å². The molecular formula is C72H104N4O12. The third-order valence-corrected chi connectivity index (χ3v) is 20.3. The molecule has 8 aliphatic rings.